The number of hydrogen-bond acceptors (Lipinski definition) is 7. The maximum atomic E-state index is 5.65. The molecule has 0 amide bonds. The van der Waals surface area contributed by atoms with E-state index in [4.69, 9.17) is 20.9 Å². The van der Waals surface area contributed by atoms with E-state index in [2.05, 4.69) is 38.9 Å². The Morgan fingerprint density at radius 1 is 1.28 bits per heavy atom. The summed E-state index contributed by atoms with van der Waals surface area (Å²) >= 11 is 5.65. The fourth-order valence-corrected chi connectivity index (χ4v) is 3.05. The van der Waals surface area contributed by atoms with Gasteiger partial charge in [0, 0.05) is 19.0 Å². The minimum Gasteiger partial charge on any atom is -0.490 e. The molecule has 2 aromatic heterocycles. The maximum Gasteiger partial charge on any atom is 0.266 e. The molecular weight excluding hydrogens is 342 g/mol. The van der Waals surface area contributed by atoms with Gasteiger partial charge in [0.05, 0.1) is 19.0 Å². The first-order valence-electron chi connectivity index (χ1n) is 8.80. The summed E-state index contributed by atoms with van der Waals surface area (Å²) < 4.78 is 10.9. The fourth-order valence-electron chi connectivity index (χ4n) is 2.95. The second-order valence-electron chi connectivity index (χ2n) is 6.70. The molecule has 1 fully saturated rings. The van der Waals surface area contributed by atoms with E-state index in [9.17, 15) is 0 Å². The first-order chi connectivity index (χ1) is 12.1. The van der Waals surface area contributed by atoms with Crippen LogP contribution in [0.1, 0.15) is 51.3 Å². The average Bonchev–Trinajstić information content (AvgIpc) is 3.11. The Kier molecular flexibility index (Phi) is 6.07. The normalized spacial score (nSPS) is 15.8. The third-order valence-corrected chi connectivity index (χ3v) is 4.64. The van der Waals surface area contributed by atoms with E-state index < -0.39 is 0 Å². The molecule has 3 heterocycles. The van der Waals surface area contributed by atoms with Gasteiger partial charge in [-0.15, -0.1) is 0 Å². The summed E-state index contributed by atoms with van der Waals surface area (Å²) in [7, 11) is 0. The Morgan fingerprint density at radius 2 is 2.00 bits per heavy atom. The van der Waals surface area contributed by atoms with Crippen molar-refractivity contribution in [3.63, 3.8) is 0 Å². The highest BCUT2D eigenvalue weighted by molar-refractivity contribution is 6.28. The van der Waals surface area contributed by atoms with Gasteiger partial charge in [-0.25, -0.2) is 9.97 Å². The SMILES string of the molecule is CC(C)c1nc(N2CCC(CCCOc3cnc(Cl)nc3)CC2)no1. The molecule has 8 heteroatoms. The van der Waals surface area contributed by atoms with Crippen molar-refractivity contribution in [3.05, 3.63) is 23.6 Å². The highest BCUT2D eigenvalue weighted by atomic mass is 35.5. The Bertz CT molecular complexity index is 653. The molecule has 0 unspecified atom stereocenters. The fraction of sp³-hybridized carbons (Fsp3) is 0.647. The third-order valence-electron chi connectivity index (χ3n) is 4.44. The van der Waals surface area contributed by atoms with Gasteiger partial charge in [0.2, 0.25) is 11.2 Å². The molecule has 0 radical (unpaired) electrons. The number of halogens is 1. The van der Waals surface area contributed by atoms with Crippen molar-refractivity contribution < 1.29 is 9.26 Å². The van der Waals surface area contributed by atoms with Gasteiger partial charge in [0.25, 0.3) is 5.95 Å². The summed E-state index contributed by atoms with van der Waals surface area (Å²) in [6.07, 6.45) is 7.68. The van der Waals surface area contributed by atoms with Gasteiger partial charge >= 0.3 is 0 Å². The van der Waals surface area contributed by atoms with Gasteiger partial charge in [-0.1, -0.05) is 13.8 Å². The summed E-state index contributed by atoms with van der Waals surface area (Å²) in [6.45, 7) is 6.75. The van der Waals surface area contributed by atoms with Crippen LogP contribution in [0.2, 0.25) is 5.28 Å². The minimum absolute atomic E-state index is 0.237. The standard InChI is InChI=1S/C17H24ClN5O2/c1-12(2)15-21-17(22-25-15)23-7-5-13(6-8-23)4-3-9-24-14-10-19-16(18)20-11-14/h10-13H,3-9H2,1-2H3. The number of rotatable bonds is 7. The summed E-state index contributed by atoms with van der Waals surface area (Å²) in [5, 5.41) is 4.34. The smallest absolute Gasteiger partial charge is 0.266 e. The zero-order valence-electron chi connectivity index (χ0n) is 14.7. The number of piperidine rings is 1. The minimum atomic E-state index is 0.237. The molecule has 0 bridgehead atoms. The van der Waals surface area contributed by atoms with Crippen LogP contribution >= 0.6 is 11.6 Å². The van der Waals surface area contributed by atoms with Gasteiger partial charge in [0.15, 0.2) is 5.75 Å². The lowest BCUT2D eigenvalue weighted by Crippen LogP contribution is -2.34. The third kappa shape index (κ3) is 5.04. The van der Waals surface area contributed by atoms with Gasteiger partial charge in [-0.2, -0.15) is 4.98 Å². The highest BCUT2D eigenvalue weighted by Gasteiger charge is 2.23. The Labute approximate surface area is 152 Å². The Balaban J connectivity index is 1.35. The van der Waals surface area contributed by atoms with Crippen LogP contribution < -0.4 is 9.64 Å². The summed E-state index contributed by atoms with van der Waals surface area (Å²) in [4.78, 5) is 14.5. The molecule has 0 N–H and O–H groups in total. The molecule has 136 valence electrons. The monoisotopic (exact) mass is 365 g/mol. The molecule has 0 aliphatic carbocycles. The van der Waals surface area contributed by atoms with E-state index in [1.165, 1.54) is 0 Å². The number of nitrogens with zero attached hydrogens (tertiary/aromatic N) is 5. The zero-order chi connectivity index (χ0) is 17.6. The number of aromatic nitrogens is 4. The first-order valence-corrected chi connectivity index (χ1v) is 9.18. The van der Waals surface area contributed by atoms with E-state index in [1.54, 1.807) is 12.4 Å². The zero-order valence-corrected chi connectivity index (χ0v) is 15.4. The topological polar surface area (TPSA) is 77.2 Å². The Morgan fingerprint density at radius 3 is 2.64 bits per heavy atom. The number of hydrogen-bond donors (Lipinski definition) is 0. The second-order valence-corrected chi connectivity index (χ2v) is 7.03. The van der Waals surface area contributed by atoms with E-state index in [1.807, 2.05) is 0 Å². The van der Waals surface area contributed by atoms with Crippen molar-refractivity contribution in [3.8, 4) is 5.75 Å². The number of anilines is 1. The molecule has 1 aliphatic heterocycles. The van der Waals surface area contributed by atoms with Gasteiger partial charge in [0.1, 0.15) is 0 Å². The summed E-state index contributed by atoms with van der Waals surface area (Å²) in [5.41, 5.74) is 0. The largest absolute Gasteiger partial charge is 0.490 e. The molecule has 2 aromatic rings. The quantitative estimate of drug-likeness (QED) is 0.546. The molecule has 1 aliphatic rings. The van der Waals surface area contributed by atoms with Crippen LogP contribution in [-0.2, 0) is 0 Å². The van der Waals surface area contributed by atoms with Crippen molar-refractivity contribution in [2.75, 3.05) is 24.6 Å². The van der Waals surface area contributed by atoms with Crippen LogP contribution in [0.4, 0.5) is 5.95 Å². The average molecular weight is 366 g/mol. The van der Waals surface area contributed by atoms with E-state index in [0.717, 1.165) is 50.6 Å². The van der Waals surface area contributed by atoms with Crippen LogP contribution in [-0.4, -0.2) is 39.8 Å². The molecule has 0 spiro atoms. The van der Waals surface area contributed by atoms with E-state index in [-0.39, 0.29) is 11.2 Å². The predicted octanol–water partition coefficient (Wildman–Crippen LogP) is 3.71. The van der Waals surface area contributed by atoms with Crippen molar-refractivity contribution in [1.82, 2.24) is 20.1 Å². The highest BCUT2D eigenvalue weighted by Crippen LogP contribution is 2.25. The van der Waals surface area contributed by atoms with Crippen LogP contribution in [0.5, 0.6) is 5.75 Å². The second kappa shape index (κ2) is 8.47. The predicted molar refractivity (Wildman–Crippen MR) is 95.1 cm³/mol. The molecule has 0 aromatic carbocycles. The van der Waals surface area contributed by atoms with Gasteiger partial charge in [-0.3, -0.25) is 0 Å². The molecule has 0 saturated carbocycles. The van der Waals surface area contributed by atoms with Crippen molar-refractivity contribution in [1.29, 1.82) is 0 Å². The number of ether oxygens (including phenoxy) is 1. The van der Waals surface area contributed by atoms with Crippen LogP contribution in [0, 0.1) is 5.92 Å². The Hall–Kier alpha value is -1.89. The van der Waals surface area contributed by atoms with Crippen LogP contribution in [0.3, 0.4) is 0 Å². The molecular formula is C17H24ClN5O2. The van der Waals surface area contributed by atoms with Crippen LogP contribution in [0.15, 0.2) is 16.9 Å². The molecule has 0 atom stereocenters. The molecule has 25 heavy (non-hydrogen) atoms. The van der Waals surface area contributed by atoms with Crippen molar-refractivity contribution in [2.24, 2.45) is 5.92 Å². The lowest BCUT2D eigenvalue weighted by Gasteiger charge is -2.30. The summed E-state index contributed by atoms with van der Waals surface area (Å²) in [5.74, 6) is 3.09. The lowest BCUT2D eigenvalue weighted by atomic mass is 9.92. The van der Waals surface area contributed by atoms with Crippen molar-refractivity contribution >= 4 is 17.5 Å². The molecule has 7 nitrogen and oxygen atoms in total. The van der Waals surface area contributed by atoms with Gasteiger partial charge in [-0.05, 0) is 48.4 Å². The molecule has 1 saturated heterocycles. The lowest BCUT2D eigenvalue weighted by molar-refractivity contribution is 0.277. The van der Waals surface area contributed by atoms with E-state index >= 15 is 0 Å². The van der Waals surface area contributed by atoms with E-state index in [0.29, 0.717) is 18.2 Å². The summed E-state index contributed by atoms with van der Waals surface area (Å²) in [6, 6.07) is 0. The molecule has 3 rings (SSSR count). The van der Waals surface area contributed by atoms with Crippen LogP contribution in [0.25, 0.3) is 0 Å². The van der Waals surface area contributed by atoms with Crippen molar-refractivity contribution in [2.45, 2.75) is 45.4 Å². The maximum absolute atomic E-state index is 5.65. The van der Waals surface area contributed by atoms with Gasteiger partial charge < -0.3 is 14.2 Å². The first kappa shape index (κ1) is 17.9.